The molecule has 2 aliphatic heterocycles. The lowest BCUT2D eigenvalue weighted by Crippen LogP contribution is -2.58. The lowest BCUT2D eigenvalue weighted by atomic mass is 10.0. The molecule has 6 amide bonds. The average Bonchev–Trinajstić information content (AvgIpc) is 3.39. The maximum atomic E-state index is 13.6. The minimum atomic E-state index is -1.25. The van der Waals surface area contributed by atoms with Gasteiger partial charge < -0.3 is 42.3 Å². The number of carbonyl (C=O) groups is 7. The Labute approximate surface area is 242 Å². The highest BCUT2D eigenvalue weighted by Crippen LogP contribution is 2.24. The van der Waals surface area contributed by atoms with Gasteiger partial charge in [-0.3, -0.25) is 33.6 Å². The third-order valence-electron chi connectivity index (χ3n) is 6.86. The summed E-state index contributed by atoms with van der Waals surface area (Å²) < 4.78 is 0. The van der Waals surface area contributed by atoms with E-state index >= 15 is 0 Å². The Morgan fingerprint density at radius 3 is 2.32 bits per heavy atom. The lowest BCUT2D eigenvalue weighted by molar-refractivity contribution is -0.142. The molecule has 8 N–H and O–H groups in total. The Hall–Kier alpha value is -3.40. The van der Waals surface area contributed by atoms with E-state index in [2.05, 4.69) is 26.6 Å². The van der Waals surface area contributed by atoms with Gasteiger partial charge in [-0.2, -0.15) is 11.8 Å². The summed E-state index contributed by atoms with van der Waals surface area (Å²) in [5, 5.41) is 21.1. The van der Waals surface area contributed by atoms with E-state index in [0.717, 1.165) is 11.8 Å². The van der Waals surface area contributed by atoms with Crippen molar-refractivity contribution in [3.63, 3.8) is 0 Å². The van der Waals surface area contributed by atoms with E-state index in [0.29, 0.717) is 19.4 Å². The third kappa shape index (κ3) is 9.31. The molecule has 0 aliphatic carbocycles. The van der Waals surface area contributed by atoms with Crippen molar-refractivity contribution in [1.29, 1.82) is 0 Å². The summed E-state index contributed by atoms with van der Waals surface area (Å²) in [6.07, 6.45) is 0.961. The number of carboxylic acid groups (broad SMARTS) is 1. The smallest absolute Gasteiger partial charge is 0.325 e. The van der Waals surface area contributed by atoms with Gasteiger partial charge >= 0.3 is 5.97 Å². The zero-order chi connectivity index (χ0) is 31.0. The van der Waals surface area contributed by atoms with E-state index in [9.17, 15) is 33.6 Å². The molecule has 15 nitrogen and oxygen atoms in total. The number of fused-ring (bicyclic) bond motifs is 1. The van der Waals surface area contributed by atoms with Crippen molar-refractivity contribution in [1.82, 2.24) is 31.5 Å². The number of carbonyl (C=O) groups excluding carboxylic acids is 6. The molecule has 2 heterocycles. The van der Waals surface area contributed by atoms with Crippen LogP contribution in [0.1, 0.15) is 47.5 Å². The predicted molar refractivity (Wildman–Crippen MR) is 149 cm³/mol. The monoisotopic (exact) mass is 599 g/mol. The Morgan fingerprint density at radius 1 is 1.07 bits per heavy atom. The minimum Gasteiger partial charge on any atom is -0.480 e. The molecule has 0 aromatic heterocycles. The highest BCUT2D eigenvalue weighted by molar-refractivity contribution is 8.00. The second-order valence-electron chi connectivity index (χ2n) is 10.6. The van der Waals surface area contributed by atoms with E-state index in [1.807, 2.05) is 0 Å². The van der Waals surface area contributed by atoms with Crippen LogP contribution in [0.4, 0.5) is 0 Å². The lowest BCUT2D eigenvalue weighted by Gasteiger charge is -2.32. The fourth-order valence-electron chi connectivity index (χ4n) is 4.36. The molecular weight excluding hydrogens is 558 g/mol. The van der Waals surface area contributed by atoms with Crippen molar-refractivity contribution in [2.24, 2.45) is 11.7 Å². The fraction of sp³-hybridized carbons (Fsp3) is 0.720. The van der Waals surface area contributed by atoms with Crippen LogP contribution in [0.25, 0.3) is 0 Å². The molecule has 0 spiro atoms. The van der Waals surface area contributed by atoms with Gasteiger partial charge in [0.25, 0.3) is 0 Å². The summed E-state index contributed by atoms with van der Waals surface area (Å²) in [4.78, 5) is 90.3. The second kappa shape index (κ2) is 15.0. The van der Waals surface area contributed by atoms with Gasteiger partial charge in [0.1, 0.15) is 30.2 Å². The predicted octanol–water partition coefficient (Wildman–Crippen LogP) is -2.72. The standard InChI is InChI=1S/C25H41N7O8S/c1-11(2)18(23(37)28-13(4)25(39)40)30-21(35)15-10-41-14(5)19(31-20(34)12(3)26)24(38)32-8-6-7-16(32)22(36)27-9-17(33)29-15/h11-16,18-19H,6-10,26H2,1-5H3,(H,27,36)(H,28,37)(H,29,33)(H,30,35)(H,31,34)(H,39,40)/t12-,13-,14+,15-,16-,18-,19-/m0/s1. The zero-order valence-corrected chi connectivity index (χ0v) is 24.7. The first-order valence-corrected chi connectivity index (χ1v) is 14.6. The summed E-state index contributed by atoms with van der Waals surface area (Å²) in [6, 6.07) is -6.29. The average molecular weight is 600 g/mol. The number of aliphatic carboxylic acids is 1. The number of nitrogens with zero attached hydrogens (tertiary/aromatic N) is 1. The number of nitrogens with two attached hydrogens (primary N) is 1. The van der Waals surface area contributed by atoms with Crippen LogP contribution in [0.3, 0.4) is 0 Å². The summed E-state index contributed by atoms with van der Waals surface area (Å²) in [5.41, 5.74) is 5.71. The van der Waals surface area contributed by atoms with E-state index in [1.165, 1.54) is 18.7 Å². The molecular formula is C25H41N7O8S. The number of hydrogen-bond acceptors (Lipinski definition) is 9. The van der Waals surface area contributed by atoms with Crippen LogP contribution in [-0.2, 0) is 33.6 Å². The maximum absolute atomic E-state index is 13.6. The van der Waals surface area contributed by atoms with Gasteiger partial charge in [-0.1, -0.05) is 20.8 Å². The first-order valence-electron chi connectivity index (χ1n) is 13.5. The number of carboxylic acids is 1. The van der Waals surface area contributed by atoms with Crippen molar-refractivity contribution in [2.45, 2.75) is 89.0 Å². The number of thioether (sulfide) groups is 1. The van der Waals surface area contributed by atoms with Gasteiger partial charge in [0.05, 0.1) is 12.6 Å². The van der Waals surface area contributed by atoms with Gasteiger partial charge in [-0.05, 0) is 32.6 Å². The van der Waals surface area contributed by atoms with Gasteiger partial charge in [-0.25, -0.2) is 0 Å². The minimum absolute atomic E-state index is 0.0497. The Balaban J connectivity index is 2.32. The van der Waals surface area contributed by atoms with E-state index in [1.54, 1.807) is 20.8 Å². The van der Waals surface area contributed by atoms with Crippen LogP contribution in [0, 0.1) is 5.92 Å². The number of rotatable bonds is 8. The molecule has 2 rings (SSSR count). The molecule has 2 fully saturated rings. The largest absolute Gasteiger partial charge is 0.480 e. The van der Waals surface area contributed by atoms with Crippen LogP contribution in [0.15, 0.2) is 0 Å². The molecule has 0 unspecified atom stereocenters. The van der Waals surface area contributed by atoms with Gasteiger partial charge in [0, 0.05) is 17.5 Å². The van der Waals surface area contributed by atoms with Crippen molar-refractivity contribution in [3.8, 4) is 0 Å². The summed E-state index contributed by atoms with van der Waals surface area (Å²) in [5.74, 6) is -5.39. The molecule has 0 bridgehead atoms. The molecule has 2 aliphatic rings. The number of amides is 6. The van der Waals surface area contributed by atoms with Gasteiger partial charge in [0.2, 0.25) is 35.4 Å². The summed E-state index contributed by atoms with van der Waals surface area (Å²) >= 11 is 1.13. The van der Waals surface area contributed by atoms with E-state index in [4.69, 9.17) is 10.8 Å². The highest BCUT2D eigenvalue weighted by atomic mass is 32.2. The third-order valence-corrected chi connectivity index (χ3v) is 8.19. The molecule has 230 valence electrons. The molecule has 0 radical (unpaired) electrons. The van der Waals surface area contributed by atoms with Crippen molar-refractivity contribution in [3.05, 3.63) is 0 Å². The molecule has 2 saturated heterocycles. The van der Waals surface area contributed by atoms with E-state index in [-0.39, 0.29) is 5.75 Å². The van der Waals surface area contributed by atoms with Crippen molar-refractivity contribution >= 4 is 53.2 Å². The number of nitrogens with one attached hydrogen (secondary N) is 5. The SMILES string of the molecule is CC(C)[C@H](NC(=O)[C@@H]1CS[C@H](C)[C@H](NC(=O)[C@H](C)N)C(=O)N2CCC[C@H]2C(=O)NCC(=O)N1)C(=O)N[C@@H](C)C(=O)O. The Bertz CT molecular complexity index is 1040. The summed E-state index contributed by atoms with van der Waals surface area (Å²) in [6.45, 7) is 7.61. The Kier molecular flexibility index (Phi) is 12.4. The zero-order valence-electron chi connectivity index (χ0n) is 23.9. The van der Waals surface area contributed by atoms with Crippen LogP contribution in [-0.4, -0.2) is 112 Å². The second-order valence-corrected chi connectivity index (χ2v) is 12.0. The highest BCUT2D eigenvalue weighted by Gasteiger charge is 2.41. The fourth-order valence-corrected chi connectivity index (χ4v) is 5.47. The molecule has 41 heavy (non-hydrogen) atoms. The Morgan fingerprint density at radius 2 is 1.73 bits per heavy atom. The van der Waals surface area contributed by atoms with Gasteiger partial charge in [-0.15, -0.1) is 0 Å². The van der Waals surface area contributed by atoms with Crippen LogP contribution >= 0.6 is 11.8 Å². The first kappa shape index (κ1) is 33.8. The molecule has 7 atom stereocenters. The molecule has 0 aromatic carbocycles. The number of hydrogen-bond donors (Lipinski definition) is 7. The van der Waals surface area contributed by atoms with Crippen molar-refractivity contribution in [2.75, 3.05) is 18.8 Å². The quantitative estimate of drug-likeness (QED) is 0.152. The topological polar surface area (TPSA) is 229 Å². The van der Waals surface area contributed by atoms with Gasteiger partial charge in [0.15, 0.2) is 0 Å². The molecule has 0 aromatic rings. The molecule has 0 saturated carbocycles. The van der Waals surface area contributed by atoms with Crippen LogP contribution in [0.2, 0.25) is 0 Å². The first-order chi connectivity index (χ1) is 19.1. The summed E-state index contributed by atoms with van der Waals surface area (Å²) in [7, 11) is 0. The van der Waals surface area contributed by atoms with E-state index < -0.39 is 95.4 Å². The van der Waals surface area contributed by atoms with Crippen molar-refractivity contribution < 1.29 is 38.7 Å². The maximum Gasteiger partial charge on any atom is 0.325 e. The molecule has 16 heteroatoms. The normalized spacial score (nSPS) is 26.1. The van der Waals surface area contributed by atoms with Crippen LogP contribution < -0.4 is 32.3 Å². The van der Waals surface area contributed by atoms with Crippen LogP contribution in [0.5, 0.6) is 0 Å².